The van der Waals surface area contributed by atoms with Crippen LogP contribution in [0.25, 0.3) is 11.1 Å². The number of aryl methyl sites for hydroxylation is 1. The zero-order valence-electron chi connectivity index (χ0n) is 15.6. The number of fused-ring (bicyclic) bond motifs is 1. The van der Waals surface area contributed by atoms with Gasteiger partial charge in [0, 0.05) is 31.9 Å². The van der Waals surface area contributed by atoms with Gasteiger partial charge < -0.3 is 19.0 Å². The van der Waals surface area contributed by atoms with E-state index in [0.29, 0.717) is 29.0 Å². The maximum atomic E-state index is 12.2. The molecule has 1 aliphatic heterocycles. The highest BCUT2D eigenvalue weighted by Gasteiger charge is 2.23. The molecule has 4 rings (SSSR count). The number of hydrogen-bond donors (Lipinski definition) is 0. The van der Waals surface area contributed by atoms with Crippen molar-refractivity contribution in [1.82, 2.24) is 4.98 Å². The summed E-state index contributed by atoms with van der Waals surface area (Å²) in [7, 11) is 0. The number of ether oxygens (including phenoxy) is 1. The molecule has 0 radical (unpaired) electrons. The van der Waals surface area contributed by atoms with Crippen molar-refractivity contribution in [2.45, 2.75) is 13.8 Å². The molecule has 0 amide bonds. The number of anilines is 2. The number of esters is 1. The van der Waals surface area contributed by atoms with E-state index in [0.717, 1.165) is 32.0 Å². The highest BCUT2D eigenvalue weighted by atomic mass is 16.5. The van der Waals surface area contributed by atoms with Crippen LogP contribution in [-0.4, -0.2) is 43.7 Å². The molecule has 27 heavy (non-hydrogen) atoms. The second-order valence-corrected chi connectivity index (χ2v) is 6.59. The molecule has 0 N–H and O–H groups in total. The van der Waals surface area contributed by atoms with Gasteiger partial charge in [-0.3, -0.25) is 0 Å². The normalized spacial score (nSPS) is 14.6. The third-order valence-electron chi connectivity index (χ3n) is 4.92. The number of carbonyl (C=O) groups excluding carboxylic acids is 1. The van der Waals surface area contributed by atoms with Gasteiger partial charge in [-0.25, -0.2) is 4.79 Å². The maximum absolute atomic E-state index is 12.2. The van der Waals surface area contributed by atoms with Crippen LogP contribution in [0.2, 0.25) is 0 Å². The minimum absolute atomic E-state index is 0.335. The van der Waals surface area contributed by atoms with Crippen LogP contribution in [0, 0.1) is 6.92 Å². The minimum atomic E-state index is -0.361. The molecule has 0 saturated carbocycles. The molecule has 0 aliphatic carbocycles. The predicted molar refractivity (Wildman–Crippen MR) is 106 cm³/mol. The lowest BCUT2D eigenvalue weighted by atomic mass is 10.1. The Balaban J connectivity index is 1.53. The summed E-state index contributed by atoms with van der Waals surface area (Å²) in [6.45, 7) is 7.55. The van der Waals surface area contributed by atoms with Crippen molar-refractivity contribution in [2.75, 3.05) is 42.6 Å². The van der Waals surface area contributed by atoms with E-state index in [1.807, 2.05) is 18.2 Å². The third kappa shape index (κ3) is 3.35. The number of aromatic nitrogens is 1. The Labute approximate surface area is 158 Å². The number of hydrogen-bond acceptors (Lipinski definition) is 6. The SMILES string of the molecule is CCOC(=O)c1c(C)oc2nc(N3CCN(c4ccccc4)CC3)ccc12. The van der Waals surface area contributed by atoms with Gasteiger partial charge in [-0.05, 0) is 38.1 Å². The Morgan fingerprint density at radius 1 is 1.07 bits per heavy atom. The average Bonchev–Trinajstić information content (AvgIpc) is 3.04. The Bertz CT molecular complexity index is 944. The fraction of sp³-hybridized carbons (Fsp3) is 0.333. The molecule has 0 spiro atoms. The summed E-state index contributed by atoms with van der Waals surface area (Å²) in [6.07, 6.45) is 0. The van der Waals surface area contributed by atoms with E-state index < -0.39 is 0 Å². The van der Waals surface area contributed by atoms with Gasteiger partial charge >= 0.3 is 5.97 Å². The minimum Gasteiger partial charge on any atom is -0.462 e. The van der Waals surface area contributed by atoms with Crippen molar-refractivity contribution >= 4 is 28.6 Å². The molecular formula is C21H23N3O3. The van der Waals surface area contributed by atoms with Gasteiger partial charge in [0.05, 0.1) is 12.0 Å². The summed E-state index contributed by atoms with van der Waals surface area (Å²) in [5.74, 6) is 1.06. The number of pyridine rings is 1. The van der Waals surface area contributed by atoms with E-state index in [-0.39, 0.29) is 5.97 Å². The zero-order valence-corrected chi connectivity index (χ0v) is 15.6. The Morgan fingerprint density at radius 2 is 1.78 bits per heavy atom. The molecule has 1 saturated heterocycles. The molecule has 140 valence electrons. The average molecular weight is 365 g/mol. The Morgan fingerprint density at radius 3 is 2.48 bits per heavy atom. The van der Waals surface area contributed by atoms with Crippen molar-refractivity contribution in [1.29, 1.82) is 0 Å². The number of benzene rings is 1. The first-order valence-corrected chi connectivity index (χ1v) is 9.29. The molecular weight excluding hydrogens is 342 g/mol. The molecule has 6 heteroatoms. The number of rotatable bonds is 4. The number of furan rings is 1. The van der Waals surface area contributed by atoms with Gasteiger partial charge in [-0.1, -0.05) is 18.2 Å². The van der Waals surface area contributed by atoms with Crippen molar-refractivity contribution in [3.63, 3.8) is 0 Å². The van der Waals surface area contributed by atoms with Crippen molar-refractivity contribution in [2.24, 2.45) is 0 Å². The number of piperazine rings is 1. The number of para-hydroxylation sites is 1. The standard InChI is InChI=1S/C21H23N3O3/c1-3-26-21(25)19-15(2)27-20-17(19)9-10-18(22-20)24-13-11-23(12-14-24)16-7-5-4-6-8-16/h4-10H,3,11-14H2,1-2H3. The lowest BCUT2D eigenvalue weighted by molar-refractivity contribution is 0.0526. The molecule has 1 aliphatic rings. The number of carbonyl (C=O) groups is 1. The third-order valence-corrected chi connectivity index (χ3v) is 4.92. The van der Waals surface area contributed by atoms with Crippen molar-refractivity contribution in [3.8, 4) is 0 Å². The molecule has 0 atom stereocenters. The van der Waals surface area contributed by atoms with E-state index >= 15 is 0 Å². The van der Waals surface area contributed by atoms with Crippen LogP contribution in [0.4, 0.5) is 11.5 Å². The largest absolute Gasteiger partial charge is 0.462 e. The number of nitrogens with zero attached hydrogens (tertiary/aromatic N) is 3. The summed E-state index contributed by atoms with van der Waals surface area (Å²) in [4.78, 5) is 21.5. The molecule has 0 unspecified atom stereocenters. The van der Waals surface area contributed by atoms with E-state index in [1.165, 1.54) is 5.69 Å². The first kappa shape index (κ1) is 17.4. The van der Waals surface area contributed by atoms with Crippen LogP contribution in [0.3, 0.4) is 0 Å². The molecule has 6 nitrogen and oxygen atoms in total. The molecule has 2 aromatic heterocycles. The summed E-state index contributed by atoms with van der Waals surface area (Å²) in [6, 6.07) is 14.3. The smallest absolute Gasteiger partial charge is 0.342 e. The van der Waals surface area contributed by atoms with Crippen LogP contribution in [0.15, 0.2) is 46.9 Å². The van der Waals surface area contributed by atoms with E-state index in [9.17, 15) is 4.79 Å². The summed E-state index contributed by atoms with van der Waals surface area (Å²) in [5.41, 5.74) is 2.21. The molecule has 0 bridgehead atoms. The Kier molecular flexibility index (Phi) is 4.71. The van der Waals surface area contributed by atoms with Crippen molar-refractivity contribution < 1.29 is 13.9 Å². The van der Waals surface area contributed by atoms with Crippen molar-refractivity contribution in [3.05, 3.63) is 53.8 Å². The van der Waals surface area contributed by atoms with Gasteiger partial charge in [-0.15, -0.1) is 0 Å². The second-order valence-electron chi connectivity index (χ2n) is 6.59. The van der Waals surface area contributed by atoms with Gasteiger partial charge in [0.15, 0.2) is 0 Å². The van der Waals surface area contributed by atoms with Gasteiger partial charge in [0.2, 0.25) is 5.71 Å². The molecule has 1 fully saturated rings. The monoisotopic (exact) mass is 365 g/mol. The zero-order chi connectivity index (χ0) is 18.8. The van der Waals surface area contributed by atoms with Crippen LogP contribution in [0.5, 0.6) is 0 Å². The molecule has 3 heterocycles. The predicted octanol–water partition coefficient (Wildman–Crippen LogP) is 3.64. The fourth-order valence-electron chi connectivity index (χ4n) is 3.55. The Hall–Kier alpha value is -3.02. The lowest BCUT2D eigenvalue weighted by Gasteiger charge is -2.36. The molecule has 3 aromatic rings. The van der Waals surface area contributed by atoms with Crippen LogP contribution in [-0.2, 0) is 4.74 Å². The summed E-state index contributed by atoms with van der Waals surface area (Å²) < 4.78 is 10.9. The first-order valence-electron chi connectivity index (χ1n) is 9.29. The highest BCUT2D eigenvalue weighted by Crippen LogP contribution is 2.28. The van der Waals surface area contributed by atoms with Crippen LogP contribution >= 0.6 is 0 Å². The topological polar surface area (TPSA) is 58.8 Å². The van der Waals surface area contributed by atoms with Crippen LogP contribution in [0.1, 0.15) is 23.0 Å². The summed E-state index contributed by atoms with van der Waals surface area (Å²) in [5, 5.41) is 0.706. The van der Waals surface area contributed by atoms with Gasteiger partial charge in [0.1, 0.15) is 17.1 Å². The lowest BCUT2D eigenvalue weighted by Crippen LogP contribution is -2.46. The summed E-state index contributed by atoms with van der Waals surface area (Å²) >= 11 is 0. The quantitative estimate of drug-likeness (QED) is 0.658. The van der Waals surface area contributed by atoms with E-state index in [1.54, 1.807) is 13.8 Å². The maximum Gasteiger partial charge on any atom is 0.342 e. The molecule has 1 aromatic carbocycles. The van der Waals surface area contributed by atoms with Gasteiger partial charge in [-0.2, -0.15) is 4.98 Å². The highest BCUT2D eigenvalue weighted by molar-refractivity contribution is 6.03. The van der Waals surface area contributed by atoms with Gasteiger partial charge in [0.25, 0.3) is 0 Å². The van der Waals surface area contributed by atoms with E-state index in [2.05, 4.69) is 39.0 Å². The van der Waals surface area contributed by atoms with E-state index in [4.69, 9.17) is 9.15 Å². The van der Waals surface area contributed by atoms with Crippen LogP contribution < -0.4 is 9.80 Å². The first-order chi connectivity index (χ1) is 13.2. The second kappa shape index (κ2) is 7.31. The fourth-order valence-corrected chi connectivity index (χ4v) is 3.55.